The van der Waals surface area contributed by atoms with E-state index in [1.54, 1.807) is 0 Å². The minimum Gasteiger partial charge on any atom is -0.122 e. The smallest absolute Gasteiger partial charge is 0 e. The topological polar surface area (TPSA) is 0 Å². The molecule has 0 spiro atoms. The first-order chi connectivity index (χ1) is 3.91. The zero-order valence-electron chi connectivity index (χ0n) is 6.37. The molecule has 0 saturated heterocycles. The molecule has 0 saturated carbocycles. The van der Waals surface area contributed by atoms with Crippen molar-refractivity contribution in [3.8, 4) is 0 Å². The van der Waals surface area contributed by atoms with Crippen molar-refractivity contribution in [2.45, 2.75) is 33.1 Å². The molecule has 0 aliphatic carbocycles. The fourth-order valence-electron chi connectivity index (χ4n) is 0.677. The van der Waals surface area contributed by atoms with E-state index in [1.165, 1.54) is 40.2 Å². The van der Waals surface area contributed by atoms with E-state index in [2.05, 4.69) is 13.8 Å². The molecule has 0 aliphatic rings. The quantitative estimate of drug-likeness (QED) is 0.540. The standard InChI is InChI=1S/C7H17P.Tb/c1-3-5-6-7-8-4-2;/h8H,3-7H2,1-2H3;. The van der Waals surface area contributed by atoms with E-state index in [4.69, 9.17) is 0 Å². The van der Waals surface area contributed by atoms with E-state index in [1.807, 2.05) is 0 Å². The van der Waals surface area contributed by atoms with Gasteiger partial charge in [-0.25, -0.2) is 0 Å². The van der Waals surface area contributed by atoms with E-state index in [0.29, 0.717) is 0 Å². The normalized spacial score (nSPS) is 10.0. The van der Waals surface area contributed by atoms with Crippen molar-refractivity contribution < 1.29 is 38.6 Å². The molecule has 9 heavy (non-hydrogen) atoms. The van der Waals surface area contributed by atoms with Crippen LogP contribution in [0, 0.1) is 38.6 Å². The summed E-state index contributed by atoms with van der Waals surface area (Å²) in [4.78, 5) is 0. The van der Waals surface area contributed by atoms with Crippen molar-refractivity contribution >= 4 is 8.58 Å². The third kappa shape index (κ3) is 12.8. The van der Waals surface area contributed by atoms with Gasteiger partial charge in [-0.2, -0.15) is 0 Å². The maximum absolute atomic E-state index is 2.27. The van der Waals surface area contributed by atoms with Gasteiger partial charge in [-0.15, -0.1) is 8.58 Å². The van der Waals surface area contributed by atoms with Gasteiger partial charge in [0.15, 0.2) is 0 Å². The number of hydrogen-bond donors (Lipinski definition) is 0. The summed E-state index contributed by atoms with van der Waals surface area (Å²) in [5.41, 5.74) is 0. The molecule has 0 aromatic heterocycles. The molecule has 0 aromatic carbocycles. The SMILES string of the molecule is CCCCCPCC.[Tb]. The number of rotatable bonds is 5. The molecule has 0 rings (SSSR count). The van der Waals surface area contributed by atoms with Gasteiger partial charge in [-0.05, 0) is 18.7 Å². The van der Waals surface area contributed by atoms with Gasteiger partial charge < -0.3 is 0 Å². The van der Waals surface area contributed by atoms with E-state index in [9.17, 15) is 0 Å². The second-order valence-corrected chi connectivity index (χ2v) is 3.77. The van der Waals surface area contributed by atoms with Crippen molar-refractivity contribution in [3.05, 3.63) is 0 Å². The molecule has 1 atom stereocenters. The Kier molecular flexibility index (Phi) is 18.3. The summed E-state index contributed by atoms with van der Waals surface area (Å²) in [7, 11) is 1.22. The molecule has 0 N–H and O–H groups in total. The maximum Gasteiger partial charge on any atom is 0 e. The largest absolute Gasteiger partial charge is 0.122 e. The van der Waals surface area contributed by atoms with Crippen LogP contribution >= 0.6 is 8.58 Å². The molecule has 0 fully saturated rings. The fraction of sp³-hybridized carbons (Fsp3) is 1.00. The van der Waals surface area contributed by atoms with Crippen LogP contribution in [0.1, 0.15) is 33.1 Å². The van der Waals surface area contributed by atoms with E-state index in [0.717, 1.165) is 0 Å². The summed E-state index contributed by atoms with van der Waals surface area (Å²) >= 11 is 0. The van der Waals surface area contributed by atoms with Gasteiger partial charge in [0.25, 0.3) is 0 Å². The van der Waals surface area contributed by atoms with Crippen molar-refractivity contribution in [1.29, 1.82) is 0 Å². The van der Waals surface area contributed by atoms with Crippen LogP contribution in [-0.2, 0) is 0 Å². The van der Waals surface area contributed by atoms with Gasteiger partial charge in [0, 0.05) is 38.6 Å². The Bertz CT molecular complexity index is 33.9. The van der Waals surface area contributed by atoms with Gasteiger partial charge in [-0.3, -0.25) is 0 Å². The van der Waals surface area contributed by atoms with Gasteiger partial charge in [-0.1, -0.05) is 26.7 Å². The summed E-state index contributed by atoms with van der Waals surface area (Å²) < 4.78 is 0. The van der Waals surface area contributed by atoms with Crippen LogP contribution in [0.15, 0.2) is 0 Å². The van der Waals surface area contributed by atoms with Crippen LogP contribution in [0.3, 0.4) is 0 Å². The van der Waals surface area contributed by atoms with E-state index < -0.39 is 0 Å². The molecule has 1 radical (unpaired) electrons. The predicted molar refractivity (Wildman–Crippen MR) is 43.2 cm³/mol. The van der Waals surface area contributed by atoms with Crippen molar-refractivity contribution in [2.75, 3.05) is 12.3 Å². The van der Waals surface area contributed by atoms with E-state index in [-0.39, 0.29) is 38.6 Å². The van der Waals surface area contributed by atoms with Crippen molar-refractivity contribution in [1.82, 2.24) is 0 Å². The average Bonchev–Trinajstić information content (AvgIpc) is 1.81. The second kappa shape index (κ2) is 12.4. The average molecular weight is 291 g/mol. The van der Waals surface area contributed by atoms with Crippen molar-refractivity contribution in [2.24, 2.45) is 0 Å². The van der Waals surface area contributed by atoms with Crippen LogP contribution in [0.2, 0.25) is 0 Å². The van der Waals surface area contributed by atoms with Crippen LogP contribution in [0.4, 0.5) is 0 Å². The summed E-state index contributed by atoms with van der Waals surface area (Å²) in [5.74, 6) is 0. The molecule has 0 bridgehead atoms. The molecule has 0 amide bonds. The summed E-state index contributed by atoms with van der Waals surface area (Å²) in [6.45, 7) is 4.53. The Morgan fingerprint density at radius 2 is 1.78 bits per heavy atom. The van der Waals surface area contributed by atoms with Crippen molar-refractivity contribution in [3.63, 3.8) is 0 Å². The Labute approximate surface area is 91.8 Å². The van der Waals surface area contributed by atoms with Gasteiger partial charge in [0.1, 0.15) is 0 Å². The first kappa shape index (κ1) is 13.3. The Morgan fingerprint density at radius 1 is 1.11 bits per heavy atom. The molecule has 0 heterocycles. The molecular weight excluding hydrogens is 274 g/mol. The Morgan fingerprint density at radius 3 is 2.22 bits per heavy atom. The molecule has 0 nitrogen and oxygen atoms in total. The predicted octanol–water partition coefficient (Wildman–Crippen LogP) is 2.88. The fourth-order valence-corrected chi connectivity index (χ4v) is 1.53. The number of unbranched alkanes of at least 4 members (excludes halogenated alkanes) is 2. The molecule has 0 aromatic rings. The maximum atomic E-state index is 2.27. The zero-order chi connectivity index (χ0) is 6.24. The summed E-state index contributed by atoms with van der Waals surface area (Å²) in [5, 5.41) is 0. The van der Waals surface area contributed by atoms with Crippen LogP contribution in [-0.4, -0.2) is 12.3 Å². The summed E-state index contributed by atoms with van der Waals surface area (Å²) in [6.07, 6.45) is 7.14. The van der Waals surface area contributed by atoms with Crippen LogP contribution in [0.5, 0.6) is 0 Å². The molecule has 0 aliphatic heterocycles. The van der Waals surface area contributed by atoms with Crippen LogP contribution in [0.25, 0.3) is 0 Å². The molecule has 1 unspecified atom stereocenters. The first-order valence-corrected chi connectivity index (χ1v) is 5.04. The molecular formula is C7H17PTb. The van der Waals surface area contributed by atoms with Gasteiger partial charge >= 0.3 is 0 Å². The summed E-state index contributed by atoms with van der Waals surface area (Å²) in [6, 6.07) is 0. The number of hydrogen-bond acceptors (Lipinski definition) is 0. The monoisotopic (exact) mass is 291 g/mol. The Balaban J connectivity index is 0. The zero-order valence-corrected chi connectivity index (χ0v) is 9.51. The van der Waals surface area contributed by atoms with Gasteiger partial charge in [0.2, 0.25) is 0 Å². The third-order valence-corrected chi connectivity index (χ3v) is 2.41. The van der Waals surface area contributed by atoms with E-state index >= 15 is 0 Å². The molecule has 59 valence electrons. The minimum absolute atomic E-state index is 0. The van der Waals surface area contributed by atoms with Crippen LogP contribution < -0.4 is 0 Å². The first-order valence-electron chi connectivity index (χ1n) is 3.62. The minimum atomic E-state index is 0. The molecule has 2 heteroatoms. The Hall–Kier alpha value is 1.72. The third-order valence-electron chi connectivity index (χ3n) is 1.21. The second-order valence-electron chi connectivity index (χ2n) is 2.06. The van der Waals surface area contributed by atoms with Gasteiger partial charge in [0.05, 0.1) is 0 Å².